The number of hydrogen-bond acceptors (Lipinski definition) is 6. The van der Waals surface area contributed by atoms with Crippen molar-refractivity contribution in [3.8, 4) is 0 Å². The van der Waals surface area contributed by atoms with Crippen molar-refractivity contribution in [3.05, 3.63) is 0 Å². The summed E-state index contributed by atoms with van der Waals surface area (Å²) in [6.07, 6.45) is 3.83. The quantitative estimate of drug-likeness (QED) is 0.497. The van der Waals surface area contributed by atoms with E-state index in [2.05, 4.69) is 10.6 Å². The van der Waals surface area contributed by atoms with E-state index in [4.69, 9.17) is 0 Å². The van der Waals surface area contributed by atoms with E-state index < -0.39 is 41.0 Å². The van der Waals surface area contributed by atoms with Crippen molar-refractivity contribution in [2.24, 2.45) is 11.8 Å². The third kappa shape index (κ3) is 4.07. The molecular weight excluding hydrogens is 387 g/mol. The lowest BCUT2D eigenvalue weighted by molar-refractivity contribution is -0.119. The first-order valence-electron chi connectivity index (χ1n) is 10.5. The fourth-order valence-electron chi connectivity index (χ4n) is 5.54. The van der Waals surface area contributed by atoms with Gasteiger partial charge in [-0.2, -0.15) is 12.7 Å². The Morgan fingerprint density at radius 2 is 2.04 bits per heavy atom. The number of aliphatic hydroxyl groups excluding tert-OH is 1. The summed E-state index contributed by atoms with van der Waals surface area (Å²) in [5.74, 6) is -0.921. The zero-order valence-electron chi connectivity index (χ0n) is 16.0. The lowest BCUT2D eigenvalue weighted by Crippen LogP contribution is -2.60. The fraction of sp³-hybridized carbons (Fsp3) is 0.944. The molecule has 8 nitrogen and oxygen atoms in total. The van der Waals surface area contributed by atoms with Crippen LogP contribution in [0, 0.1) is 11.8 Å². The number of fused-ring (bicyclic) bond motifs is 1. The van der Waals surface area contributed by atoms with E-state index in [1.165, 1.54) is 12.8 Å². The van der Waals surface area contributed by atoms with Crippen molar-refractivity contribution in [1.29, 1.82) is 0 Å². The summed E-state index contributed by atoms with van der Waals surface area (Å²) in [5, 5.41) is 17.6. The van der Waals surface area contributed by atoms with Crippen LogP contribution in [-0.4, -0.2) is 73.8 Å². The zero-order chi connectivity index (χ0) is 19.9. The van der Waals surface area contributed by atoms with E-state index in [1.54, 1.807) is 0 Å². The van der Waals surface area contributed by atoms with Crippen LogP contribution in [0.25, 0.3) is 0 Å². The summed E-state index contributed by atoms with van der Waals surface area (Å²) in [6.45, 7) is 1.49. The molecule has 10 heteroatoms. The molecule has 28 heavy (non-hydrogen) atoms. The standard InChI is InChI=1S/C18H31FN4O4S/c19-17-14-8-12(21-9-13-3-1-2-6-20-13)5-4-11(14)7-15(24)18(17)23-10-16(25)22-28(23,26)27/h11-15,17-18,20-21,24H,1-10H2,(H,22,25). The largest absolute Gasteiger partial charge is 0.391 e. The van der Waals surface area contributed by atoms with Gasteiger partial charge in [0.2, 0.25) is 5.91 Å². The van der Waals surface area contributed by atoms with Gasteiger partial charge in [0, 0.05) is 18.6 Å². The summed E-state index contributed by atoms with van der Waals surface area (Å²) >= 11 is 0. The highest BCUT2D eigenvalue weighted by atomic mass is 32.2. The van der Waals surface area contributed by atoms with Gasteiger partial charge in [0.05, 0.1) is 18.7 Å². The zero-order valence-corrected chi connectivity index (χ0v) is 16.8. The SMILES string of the molecule is O=C1CN(C2C(O)CC3CCC(NCC4CCCCN4)CC3C2F)S(=O)(=O)N1. The normalized spacial score (nSPS) is 44.1. The summed E-state index contributed by atoms with van der Waals surface area (Å²) in [6, 6.07) is -0.529. The molecule has 1 amide bonds. The van der Waals surface area contributed by atoms with Gasteiger partial charge in [-0.1, -0.05) is 6.42 Å². The van der Waals surface area contributed by atoms with Crippen molar-refractivity contribution in [2.45, 2.75) is 75.3 Å². The molecule has 2 saturated heterocycles. The molecular formula is C18H31FN4O4S. The highest BCUT2D eigenvalue weighted by Gasteiger charge is 2.53. The average Bonchev–Trinajstić information content (AvgIpc) is 2.93. The van der Waals surface area contributed by atoms with E-state index in [0.717, 1.165) is 36.7 Å². The Labute approximate surface area is 165 Å². The van der Waals surface area contributed by atoms with Crippen LogP contribution in [0.1, 0.15) is 44.9 Å². The highest BCUT2D eigenvalue weighted by molar-refractivity contribution is 7.88. The summed E-state index contributed by atoms with van der Waals surface area (Å²) in [5.41, 5.74) is 0. The van der Waals surface area contributed by atoms with Crippen LogP contribution in [-0.2, 0) is 15.0 Å². The van der Waals surface area contributed by atoms with Gasteiger partial charge in [-0.15, -0.1) is 0 Å². The van der Waals surface area contributed by atoms with Gasteiger partial charge in [-0.25, -0.2) is 9.11 Å². The molecule has 4 fully saturated rings. The maximum Gasteiger partial charge on any atom is 0.304 e. The molecule has 7 atom stereocenters. The summed E-state index contributed by atoms with van der Waals surface area (Å²) < 4.78 is 42.5. The molecule has 0 aromatic heterocycles. The molecule has 4 rings (SSSR count). The predicted molar refractivity (Wildman–Crippen MR) is 101 cm³/mol. The van der Waals surface area contributed by atoms with Gasteiger partial charge in [0.15, 0.2) is 0 Å². The molecule has 2 aliphatic carbocycles. The molecule has 0 aromatic carbocycles. The smallest absolute Gasteiger partial charge is 0.304 e. The number of carbonyl (C=O) groups is 1. The number of aliphatic hydroxyl groups is 1. The Morgan fingerprint density at radius 3 is 2.71 bits per heavy atom. The maximum atomic E-state index is 15.5. The first-order chi connectivity index (χ1) is 13.3. The number of amides is 1. The number of alkyl halides is 1. The number of nitrogens with zero attached hydrogens (tertiary/aromatic N) is 1. The second-order valence-electron chi connectivity index (χ2n) is 8.80. The Kier molecular flexibility index (Phi) is 5.95. The van der Waals surface area contributed by atoms with Crippen LogP contribution in [0.15, 0.2) is 0 Å². The van der Waals surface area contributed by atoms with Gasteiger partial charge in [-0.3, -0.25) is 4.79 Å². The van der Waals surface area contributed by atoms with Gasteiger partial charge >= 0.3 is 10.2 Å². The summed E-state index contributed by atoms with van der Waals surface area (Å²) in [4.78, 5) is 11.5. The lowest BCUT2D eigenvalue weighted by atomic mass is 9.66. The summed E-state index contributed by atoms with van der Waals surface area (Å²) in [7, 11) is -4.07. The molecule has 0 aromatic rings. The fourth-order valence-corrected chi connectivity index (χ4v) is 6.87. The first-order valence-corrected chi connectivity index (χ1v) is 11.9. The van der Waals surface area contributed by atoms with Crippen molar-refractivity contribution >= 4 is 16.1 Å². The van der Waals surface area contributed by atoms with Crippen LogP contribution in [0.4, 0.5) is 4.39 Å². The van der Waals surface area contributed by atoms with E-state index in [1.807, 2.05) is 4.72 Å². The second-order valence-corrected chi connectivity index (χ2v) is 10.4. The number of rotatable bonds is 4. The third-order valence-corrected chi connectivity index (χ3v) is 8.45. The minimum absolute atomic E-state index is 0.0565. The van der Waals surface area contributed by atoms with Gasteiger partial charge in [-0.05, 0) is 56.9 Å². The van der Waals surface area contributed by atoms with Gasteiger partial charge in [0.25, 0.3) is 0 Å². The van der Waals surface area contributed by atoms with Gasteiger partial charge in [0.1, 0.15) is 6.17 Å². The molecule has 4 N–H and O–H groups in total. The van der Waals surface area contributed by atoms with Crippen LogP contribution in [0.3, 0.4) is 0 Å². The molecule has 2 heterocycles. The van der Waals surface area contributed by atoms with Gasteiger partial charge < -0.3 is 15.7 Å². The molecule has 7 unspecified atom stereocenters. The topological polar surface area (TPSA) is 111 Å². The third-order valence-electron chi connectivity index (χ3n) is 6.97. The molecule has 2 saturated carbocycles. The second kappa shape index (κ2) is 8.14. The molecule has 0 radical (unpaired) electrons. The number of halogens is 1. The molecule has 0 spiro atoms. The first kappa shape index (κ1) is 20.5. The van der Waals surface area contributed by atoms with Crippen molar-refractivity contribution in [2.75, 3.05) is 19.6 Å². The Balaban J connectivity index is 1.40. The predicted octanol–water partition coefficient (Wildman–Crippen LogP) is -0.349. The Morgan fingerprint density at radius 1 is 1.21 bits per heavy atom. The number of carbonyl (C=O) groups excluding carboxylic acids is 1. The van der Waals surface area contributed by atoms with Crippen LogP contribution < -0.4 is 15.4 Å². The maximum absolute atomic E-state index is 15.5. The van der Waals surface area contributed by atoms with Crippen molar-refractivity contribution in [1.82, 2.24) is 19.7 Å². The number of hydrogen-bond donors (Lipinski definition) is 4. The lowest BCUT2D eigenvalue weighted by Gasteiger charge is -2.48. The van der Waals surface area contributed by atoms with E-state index in [9.17, 15) is 18.3 Å². The minimum Gasteiger partial charge on any atom is -0.391 e. The average molecular weight is 419 g/mol. The van der Waals surface area contributed by atoms with Crippen LogP contribution in [0.5, 0.6) is 0 Å². The van der Waals surface area contributed by atoms with E-state index in [-0.39, 0.29) is 17.9 Å². The highest BCUT2D eigenvalue weighted by Crippen LogP contribution is 2.44. The molecule has 160 valence electrons. The number of piperidine rings is 1. The Hall–Kier alpha value is -0.810. The molecule has 0 bridgehead atoms. The van der Waals surface area contributed by atoms with Crippen molar-refractivity contribution < 1.29 is 22.7 Å². The van der Waals surface area contributed by atoms with Crippen LogP contribution >= 0.6 is 0 Å². The minimum atomic E-state index is -4.07. The van der Waals surface area contributed by atoms with E-state index in [0.29, 0.717) is 18.9 Å². The Bertz CT molecular complexity index is 687. The molecule has 4 aliphatic rings. The monoisotopic (exact) mass is 418 g/mol. The van der Waals surface area contributed by atoms with Crippen LogP contribution in [0.2, 0.25) is 0 Å². The molecule has 2 aliphatic heterocycles. The van der Waals surface area contributed by atoms with Crippen molar-refractivity contribution in [3.63, 3.8) is 0 Å². The number of nitrogens with one attached hydrogen (secondary N) is 3. The van der Waals surface area contributed by atoms with E-state index >= 15 is 4.39 Å².